The minimum absolute atomic E-state index is 0.123. The number of carbonyl (C=O) groups is 1. The van der Waals surface area contributed by atoms with E-state index in [0.717, 1.165) is 31.9 Å². The molecule has 1 amide bonds. The largest absolute Gasteiger partial charge is 0.355 e. The summed E-state index contributed by atoms with van der Waals surface area (Å²) in [5.41, 5.74) is 5.96. The van der Waals surface area contributed by atoms with E-state index in [-0.39, 0.29) is 12.0 Å². The van der Waals surface area contributed by atoms with Crippen LogP contribution in [-0.2, 0) is 14.6 Å². The summed E-state index contributed by atoms with van der Waals surface area (Å²) in [6, 6.07) is 0.123. The van der Waals surface area contributed by atoms with Crippen LogP contribution in [0.2, 0.25) is 0 Å². The third kappa shape index (κ3) is 4.27. The second-order valence-corrected chi connectivity index (χ2v) is 7.29. The lowest BCUT2D eigenvalue weighted by atomic mass is 9.85. The number of hydrogen-bond acceptors (Lipinski definition) is 4. The van der Waals surface area contributed by atoms with Crippen molar-refractivity contribution in [2.75, 3.05) is 12.8 Å². The zero-order valence-electron chi connectivity index (χ0n) is 10.5. The van der Waals surface area contributed by atoms with Gasteiger partial charge in [-0.3, -0.25) is 4.79 Å². The van der Waals surface area contributed by atoms with Crippen molar-refractivity contribution in [1.82, 2.24) is 5.32 Å². The van der Waals surface area contributed by atoms with Crippen molar-refractivity contribution in [3.63, 3.8) is 0 Å². The predicted molar refractivity (Wildman–Crippen MR) is 67.2 cm³/mol. The number of amides is 1. The quantitative estimate of drug-likeness (QED) is 0.749. The monoisotopic (exact) mass is 262 g/mol. The first-order valence-corrected chi connectivity index (χ1v) is 8.00. The average molecular weight is 262 g/mol. The Bertz CT molecular complexity index is 367. The standard InChI is InChI=1S/C11H22N2O3S/c1-8(17(2,15)16)11(14)13-7-9-5-3-4-6-10(9)12/h8-10H,3-7,12H2,1-2H3,(H,13,14). The summed E-state index contributed by atoms with van der Waals surface area (Å²) in [4.78, 5) is 11.6. The Morgan fingerprint density at radius 3 is 2.53 bits per heavy atom. The molecule has 3 atom stereocenters. The molecule has 0 aromatic heterocycles. The van der Waals surface area contributed by atoms with Crippen LogP contribution in [0.4, 0.5) is 0 Å². The highest BCUT2D eigenvalue weighted by molar-refractivity contribution is 7.92. The van der Waals surface area contributed by atoms with Crippen molar-refractivity contribution in [2.45, 2.75) is 43.9 Å². The molecule has 0 saturated heterocycles. The summed E-state index contributed by atoms with van der Waals surface area (Å²) in [7, 11) is -3.31. The fraction of sp³-hybridized carbons (Fsp3) is 0.909. The van der Waals surface area contributed by atoms with Crippen molar-refractivity contribution >= 4 is 15.7 Å². The fourth-order valence-corrected chi connectivity index (χ4v) is 2.53. The molecule has 1 fully saturated rings. The Kier molecular flexibility index (Phi) is 4.94. The Balaban J connectivity index is 2.42. The van der Waals surface area contributed by atoms with Crippen molar-refractivity contribution < 1.29 is 13.2 Å². The van der Waals surface area contributed by atoms with Crippen LogP contribution >= 0.6 is 0 Å². The first-order chi connectivity index (χ1) is 7.82. The maximum atomic E-state index is 11.6. The van der Waals surface area contributed by atoms with Gasteiger partial charge in [0.2, 0.25) is 5.91 Å². The molecular formula is C11H22N2O3S. The predicted octanol–water partition coefficient (Wildman–Crippen LogP) is 0.0532. The molecule has 1 rings (SSSR count). The molecule has 5 nitrogen and oxygen atoms in total. The van der Waals surface area contributed by atoms with Gasteiger partial charge < -0.3 is 11.1 Å². The lowest BCUT2D eigenvalue weighted by Gasteiger charge is -2.28. The van der Waals surface area contributed by atoms with Gasteiger partial charge >= 0.3 is 0 Å². The topological polar surface area (TPSA) is 89.3 Å². The molecule has 0 heterocycles. The Morgan fingerprint density at radius 2 is 2.00 bits per heavy atom. The van der Waals surface area contributed by atoms with Crippen LogP contribution in [0.15, 0.2) is 0 Å². The van der Waals surface area contributed by atoms with Crippen LogP contribution in [0.5, 0.6) is 0 Å². The molecule has 0 aromatic carbocycles. The Morgan fingerprint density at radius 1 is 1.41 bits per heavy atom. The van der Waals surface area contributed by atoms with Crippen molar-refractivity contribution in [3.05, 3.63) is 0 Å². The van der Waals surface area contributed by atoms with Gasteiger partial charge in [0.25, 0.3) is 0 Å². The van der Waals surface area contributed by atoms with E-state index in [1.807, 2.05) is 0 Å². The molecule has 3 unspecified atom stereocenters. The van der Waals surface area contributed by atoms with Crippen molar-refractivity contribution in [3.8, 4) is 0 Å². The molecule has 0 bridgehead atoms. The second-order valence-electron chi connectivity index (χ2n) is 4.93. The molecule has 0 spiro atoms. The van der Waals surface area contributed by atoms with E-state index in [4.69, 9.17) is 5.73 Å². The second kappa shape index (κ2) is 5.82. The Labute approximate surface area is 103 Å². The van der Waals surface area contributed by atoms with Crippen molar-refractivity contribution in [1.29, 1.82) is 0 Å². The molecular weight excluding hydrogens is 240 g/mol. The SMILES string of the molecule is CC(C(=O)NCC1CCCCC1N)S(C)(=O)=O. The van der Waals surface area contributed by atoms with Gasteiger partial charge in [0.05, 0.1) is 0 Å². The van der Waals surface area contributed by atoms with Crippen LogP contribution in [0.1, 0.15) is 32.6 Å². The third-order valence-corrected chi connectivity index (χ3v) is 5.02. The van der Waals surface area contributed by atoms with Gasteiger partial charge in [-0.15, -0.1) is 0 Å². The molecule has 1 saturated carbocycles. The number of sulfone groups is 1. The van der Waals surface area contributed by atoms with Crippen molar-refractivity contribution in [2.24, 2.45) is 11.7 Å². The highest BCUT2D eigenvalue weighted by atomic mass is 32.2. The van der Waals surface area contributed by atoms with E-state index < -0.39 is 21.0 Å². The van der Waals surface area contributed by atoms with Gasteiger partial charge in [0.15, 0.2) is 9.84 Å². The number of nitrogens with two attached hydrogens (primary N) is 1. The van der Waals surface area contributed by atoms with E-state index in [9.17, 15) is 13.2 Å². The first-order valence-electron chi connectivity index (χ1n) is 6.04. The van der Waals surface area contributed by atoms with Gasteiger partial charge in [-0.25, -0.2) is 8.42 Å². The molecule has 1 aliphatic carbocycles. The average Bonchev–Trinajstić information content (AvgIpc) is 2.25. The molecule has 1 aliphatic rings. The number of carbonyl (C=O) groups excluding carboxylic acids is 1. The van der Waals surface area contributed by atoms with Gasteiger partial charge in [-0.2, -0.15) is 0 Å². The van der Waals surface area contributed by atoms with E-state index in [2.05, 4.69) is 5.32 Å². The number of nitrogens with one attached hydrogen (secondary N) is 1. The zero-order chi connectivity index (χ0) is 13.1. The normalized spacial score (nSPS) is 27.5. The summed E-state index contributed by atoms with van der Waals surface area (Å²) in [6.07, 6.45) is 5.35. The lowest BCUT2D eigenvalue weighted by molar-refractivity contribution is -0.120. The van der Waals surface area contributed by atoms with E-state index in [0.29, 0.717) is 6.54 Å². The van der Waals surface area contributed by atoms with Crippen LogP contribution in [0.25, 0.3) is 0 Å². The van der Waals surface area contributed by atoms with E-state index in [1.54, 1.807) is 0 Å². The molecule has 3 N–H and O–H groups in total. The summed E-state index contributed by atoms with van der Waals surface area (Å²) in [5.74, 6) is -0.148. The first kappa shape index (κ1) is 14.4. The third-order valence-electron chi connectivity index (χ3n) is 3.52. The maximum Gasteiger partial charge on any atom is 0.238 e. The zero-order valence-corrected chi connectivity index (χ0v) is 11.3. The van der Waals surface area contributed by atoms with Crippen LogP contribution < -0.4 is 11.1 Å². The summed E-state index contributed by atoms with van der Waals surface area (Å²) >= 11 is 0. The molecule has 0 radical (unpaired) electrons. The molecule has 17 heavy (non-hydrogen) atoms. The van der Waals surface area contributed by atoms with Gasteiger partial charge in [0, 0.05) is 18.8 Å². The number of rotatable bonds is 4. The maximum absolute atomic E-state index is 11.6. The van der Waals surface area contributed by atoms with E-state index >= 15 is 0 Å². The molecule has 100 valence electrons. The van der Waals surface area contributed by atoms with Gasteiger partial charge in [-0.05, 0) is 25.7 Å². The highest BCUT2D eigenvalue weighted by Gasteiger charge is 2.26. The van der Waals surface area contributed by atoms with E-state index in [1.165, 1.54) is 6.92 Å². The fourth-order valence-electron chi connectivity index (χ4n) is 2.06. The van der Waals surface area contributed by atoms with Crippen LogP contribution in [0.3, 0.4) is 0 Å². The number of hydrogen-bond donors (Lipinski definition) is 2. The minimum Gasteiger partial charge on any atom is -0.355 e. The summed E-state index contributed by atoms with van der Waals surface area (Å²) < 4.78 is 22.4. The van der Waals surface area contributed by atoms with Crippen LogP contribution in [0, 0.1) is 5.92 Å². The molecule has 0 aromatic rings. The molecule has 6 heteroatoms. The van der Waals surface area contributed by atoms with Gasteiger partial charge in [0.1, 0.15) is 5.25 Å². The summed E-state index contributed by atoms with van der Waals surface area (Å²) in [5, 5.41) is 1.71. The van der Waals surface area contributed by atoms with Crippen LogP contribution in [-0.4, -0.2) is 38.4 Å². The lowest BCUT2D eigenvalue weighted by Crippen LogP contribution is -2.44. The Hall–Kier alpha value is -0.620. The minimum atomic E-state index is -3.31. The smallest absolute Gasteiger partial charge is 0.238 e. The summed E-state index contributed by atoms with van der Waals surface area (Å²) in [6.45, 7) is 1.89. The molecule has 0 aliphatic heterocycles. The highest BCUT2D eigenvalue weighted by Crippen LogP contribution is 2.22. The van der Waals surface area contributed by atoms with Gasteiger partial charge in [-0.1, -0.05) is 12.8 Å².